The van der Waals surface area contributed by atoms with Gasteiger partial charge in [0, 0.05) is 12.2 Å². The van der Waals surface area contributed by atoms with Crippen molar-refractivity contribution in [2.24, 2.45) is 0 Å². The van der Waals surface area contributed by atoms with E-state index in [1.54, 1.807) is 12.1 Å². The van der Waals surface area contributed by atoms with Crippen LogP contribution < -0.4 is 5.32 Å². The minimum Gasteiger partial charge on any atom is -0.463 e. The second-order valence-corrected chi connectivity index (χ2v) is 4.83. The van der Waals surface area contributed by atoms with Crippen molar-refractivity contribution in [3.8, 4) is 0 Å². The Labute approximate surface area is 114 Å². The van der Waals surface area contributed by atoms with E-state index in [-0.39, 0.29) is 6.54 Å². The van der Waals surface area contributed by atoms with Crippen molar-refractivity contribution < 1.29 is 17.6 Å². The lowest BCUT2D eigenvalue weighted by atomic mass is 10.3. The van der Waals surface area contributed by atoms with Crippen molar-refractivity contribution in [1.29, 1.82) is 0 Å². The monoisotopic (exact) mass is 287 g/mol. The number of halogens is 3. The summed E-state index contributed by atoms with van der Waals surface area (Å²) >= 11 is 0. The number of nitrogens with zero attached hydrogens (tertiary/aromatic N) is 2. The van der Waals surface area contributed by atoms with Crippen LogP contribution in [0.2, 0.25) is 0 Å². The topological polar surface area (TPSA) is 43.0 Å². The van der Waals surface area contributed by atoms with Crippen LogP contribution in [0, 0.1) is 0 Å². The number of hydrogen-bond donors (Lipinski definition) is 1. The molecule has 0 unspecified atom stereocenters. The number of alkyl halides is 3. The Balaban J connectivity index is 1.98. The molecule has 0 amide bonds. The molecule has 0 saturated carbocycles. The molecule has 0 aliphatic heterocycles. The van der Waals surface area contributed by atoms with Crippen LogP contribution in [0.1, 0.15) is 30.9 Å². The van der Waals surface area contributed by atoms with Crippen LogP contribution in [-0.2, 0) is 19.3 Å². The lowest BCUT2D eigenvalue weighted by Crippen LogP contribution is -2.21. The Morgan fingerprint density at radius 3 is 2.60 bits per heavy atom. The van der Waals surface area contributed by atoms with E-state index in [9.17, 15) is 13.2 Å². The van der Waals surface area contributed by atoms with Crippen LogP contribution in [0.5, 0.6) is 0 Å². The number of furan rings is 1. The fraction of sp³-hybridized carbons (Fsp3) is 0.462. The molecule has 0 bridgehead atoms. The summed E-state index contributed by atoms with van der Waals surface area (Å²) in [7, 11) is 0. The van der Waals surface area contributed by atoms with Gasteiger partial charge in [0.15, 0.2) is 0 Å². The third-order valence-corrected chi connectivity index (χ3v) is 2.68. The highest BCUT2D eigenvalue weighted by Gasteiger charge is 2.32. The molecule has 0 fully saturated rings. The van der Waals surface area contributed by atoms with E-state index >= 15 is 0 Å². The van der Waals surface area contributed by atoms with Gasteiger partial charge in [-0.3, -0.25) is 4.68 Å². The summed E-state index contributed by atoms with van der Waals surface area (Å²) in [5, 5.41) is 6.88. The quantitative estimate of drug-likeness (QED) is 0.919. The molecule has 4 nitrogen and oxygen atoms in total. The Bertz CT molecular complexity index is 557. The Morgan fingerprint density at radius 2 is 2.00 bits per heavy atom. The highest BCUT2D eigenvalue weighted by atomic mass is 19.4. The van der Waals surface area contributed by atoms with Gasteiger partial charge in [0.1, 0.15) is 11.5 Å². The summed E-state index contributed by atoms with van der Waals surface area (Å²) in [6.07, 6.45) is -2.59. The van der Waals surface area contributed by atoms with Gasteiger partial charge in [-0.25, -0.2) is 0 Å². The first-order valence-corrected chi connectivity index (χ1v) is 6.25. The zero-order valence-corrected chi connectivity index (χ0v) is 11.2. The molecular weight excluding hydrogens is 271 g/mol. The van der Waals surface area contributed by atoms with Crippen LogP contribution in [0.4, 0.5) is 13.2 Å². The molecule has 0 spiro atoms. The highest BCUT2D eigenvalue weighted by molar-refractivity contribution is 5.11. The smallest absolute Gasteiger partial charge is 0.419 e. The Morgan fingerprint density at radius 1 is 1.30 bits per heavy atom. The normalized spacial score (nSPS) is 12.3. The second kappa shape index (κ2) is 5.70. The molecule has 1 N–H and O–H groups in total. The molecule has 110 valence electrons. The molecule has 2 rings (SSSR count). The predicted molar refractivity (Wildman–Crippen MR) is 67.0 cm³/mol. The first-order valence-electron chi connectivity index (χ1n) is 6.25. The van der Waals surface area contributed by atoms with Crippen molar-refractivity contribution in [2.75, 3.05) is 0 Å². The minimum absolute atomic E-state index is 0.178. The summed E-state index contributed by atoms with van der Waals surface area (Å²) < 4.78 is 44.0. The van der Waals surface area contributed by atoms with E-state index < -0.39 is 11.7 Å². The number of aromatic nitrogens is 2. The average molecular weight is 287 g/mol. The first kappa shape index (κ1) is 14.6. The van der Waals surface area contributed by atoms with Crippen molar-refractivity contribution >= 4 is 0 Å². The summed E-state index contributed by atoms with van der Waals surface area (Å²) in [5.74, 6) is 1.32. The van der Waals surface area contributed by atoms with Gasteiger partial charge in [-0.1, -0.05) is 13.8 Å². The van der Waals surface area contributed by atoms with Crippen LogP contribution in [-0.4, -0.2) is 15.8 Å². The highest BCUT2D eigenvalue weighted by Crippen LogP contribution is 2.28. The van der Waals surface area contributed by atoms with Crippen LogP contribution in [0.25, 0.3) is 0 Å². The van der Waals surface area contributed by atoms with E-state index in [2.05, 4.69) is 10.4 Å². The van der Waals surface area contributed by atoms with Gasteiger partial charge in [0.2, 0.25) is 0 Å². The summed E-state index contributed by atoms with van der Waals surface area (Å²) in [6, 6.07) is 3.88. The second-order valence-electron chi connectivity index (χ2n) is 4.83. The molecule has 2 aromatic heterocycles. The molecule has 2 aromatic rings. The van der Waals surface area contributed by atoms with Crippen LogP contribution in [0.15, 0.2) is 28.9 Å². The zero-order valence-electron chi connectivity index (χ0n) is 11.2. The molecular formula is C13H16F3N3O. The first-order chi connectivity index (χ1) is 9.34. The maximum absolute atomic E-state index is 12.4. The largest absolute Gasteiger partial charge is 0.463 e. The number of hydrogen-bond acceptors (Lipinski definition) is 3. The van der Waals surface area contributed by atoms with E-state index in [1.807, 2.05) is 13.8 Å². The third kappa shape index (κ3) is 3.86. The molecule has 0 atom stereocenters. The maximum atomic E-state index is 12.4. The summed E-state index contributed by atoms with van der Waals surface area (Å²) in [4.78, 5) is 0. The van der Waals surface area contributed by atoms with Crippen molar-refractivity contribution in [3.63, 3.8) is 0 Å². The van der Waals surface area contributed by atoms with E-state index in [1.165, 1.54) is 4.68 Å². The number of rotatable bonds is 5. The number of nitrogens with one attached hydrogen (secondary N) is 1. The zero-order chi connectivity index (χ0) is 14.8. The lowest BCUT2D eigenvalue weighted by molar-refractivity contribution is -0.137. The Kier molecular flexibility index (Phi) is 4.17. The molecule has 20 heavy (non-hydrogen) atoms. The molecule has 0 saturated heterocycles. The van der Waals surface area contributed by atoms with Gasteiger partial charge in [0.25, 0.3) is 0 Å². The minimum atomic E-state index is -4.37. The van der Waals surface area contributed by atoms with E-state index in [0.29, 0.717) is 18.3 Å². The summed E-state index contributed by atoms with van der Waals surface area (Å²) in [6.45, 7) is 4.81. The summed E-state index contributed by atoms with van der Waals surface area (Å²) in [5.41, 5.74) is -0.759. The predicted octanol–water partition coefficient (Wildman–Crippen LogP) is 3.04. The molecule has 2 heterocycles. The van der Waals surface area contributed by atoms with Gasteiger partial charge in [0.05, 0.1) is 24.8 Å². The van der Waals surface area contributed by atoms with Crippen LogP contribution in [0.3, 0.4) is 0 Å². The SMILES string of the molecule is CC(C)NCc1ccc(Cn2cc(C(F)(F)F)cn2)o1. The van der Waals surface area contributed by atoms with E-state index in [0.717, 1.165) is 18.2 Å². The van der Waals surface area contributed by atoms with Crippen molar-refractivity contribution in [1.82, 2.24) is 15.1 Å². The molecule has 7 heteroatoms. The van der Waals surface area contributed by atoms with Gasteiger partial charge >= 0.3 is 6.18 Å². The third-order valence-electron chi connectivity index (χ3n) is 2.68. The molecule has 0 aliphatic rings. The maximum Gasteiger partial charge on any atom is 0.419 e. The van der Waals surface area contributed by atoms with Gasteiger partial charge in [-0.2, -0.15) is 18.3 Å². The van der Waals surface area contributed by atoms with Crippen molar-refractivity contribution in [2.45, 2.75) is 39.2 Å². The van der Waals surface area contributed by atoms with Gasteiger partial charge in [-0.05, 0) is 12.1 Å². The molecule has 0 radical (unpaired) electrons. The van der Waals surface area contributed by atoms with Gasteiger partial charge < -0.3 is 9.73 Å². The standard InChI is InChI=1S/C13H16F3N3O/c1-9(2)17-6-11-3-4-12(20-11)8-19-7-10(5-18-19)13(14,15)16/h3-5,7,9,17H,6,8H2,1-2H3. The van der Waals surface area contributed by atoms with Crippen molar-refractivity contribution in [3.05, 3.63) is 41.6 Å². The lowest BCUT2D eigenvalue weighted by Gasteiger charge is -2.05. The van der Waals surface area contributed by atoms with Gasteiger partial charge in [-0.15, -0.1) is 0 Å². The average Bonchev–Trinajstić information content (AvgIpc) is 2.95. The Hall–Kier alpha value is -1.76. The molecule has 0 aromatic carbocycles. The molecule has 0 aliphatic carbocycles. The fourth-order valence-electron chi connectivity index (χ4n) is 1.66. The van der Waals surface area contributed by atoms with Crippen LogP contribution >= 0.6 is 0 Å². The van der Waals surface area contributed by atoms with E-state index in [4.69, 9.17) is 4.42 Å². The fourth-order valence-corrected chi connectivity index (χ4v) is 1.66.